The molecule has 3 N–H and O–H groups in total. The minimum absolute atomic E-state index is 0.0592. The summed E-state index contributed by atoms with van der Waals surface area (Å²) in [7, 11) is 0. The summed E-state index contributed by atoms with van der Waals surface area (Å²) in [4.78, 5) is 39.4. The van der Waals surface area contributed by atoms with Gasteiger partial charge in [-0.1, -0.05) is 24.3 Å². The van der Waals surface area contributed by atoms with Crippen molar-refractivity contribution in [3.05, 3.63) is 70.5 Å². The van der Waals surface area contributed by atoms with Gasteiger partial charge in [0.2, 0.25) is 5.91 Å². The van der Waals surface area contributed by atoms with Crippen molar-refractivity contribution in [3.8, 4) is 0 Å². The Morgan fingerprint density at radius 2 is 1.79 bits per heavy atom. The molecule has 142 valence electrons. The fourth-order valence-electron chi connectivity index (χ4n) is 3.23. The summed E-state index contributed by atoms with van der Waals surface area (Å²) in [5, 5.41) is 3.53. The van der Waals surface area contributed by atoms with Crippen molar-refractivity contribution in [1.29, 1.82) is 0 Å². The number of para-hydroxylation sites is 3. The summed E-state index contributed by atoms with van der Waals surface area (Å²) < 4.78 is 0. The molecule has 2 heterocycles. The first-order valence-corrected chi connectivity index (χ1v) is 9.32. The molecule has 0 saturated carbocycles. The van der Waals surface area contributed by atoms with Gasteiger partial charge in [0.25, 0.3) is 5.56 Å². The van der Waals surface area contributed by atoms with E-state index in [-0.39, 0.29) is 17.5 Å². The van der Waals surface area contributed by atoms with Gasteiger partial charge >= 0.3 is 0 Å². The van der Waals surface area contributed by atoms with Crippen molar-refractivity contribution in [2.45, 2.75) is 32.2 Å². The van der Waals surface area contributed by atoms with Gasteiger partial charge < -0.3 is 15.3 Å². The number of aromatic nitrogens is 4. The van der Waals surface area contributed by atoms with Crippen molar-refractivity contribution in [2.24, 2.45) is 0 Å². The third-order valence-corrected chi connectivity index (χ3v) is 4.67. The summed E-state index contributed by atoms with van der Waals surface area (Å²) >= 11 is 0. The molecule has 4 aromatic rings. The van der Waals surface area contributed by atoms with Crippen LogP contribution in [-0.4, -0.2) is 25.8 Å². The number of H-pyrrole nitrogens is 2. The molecule has 7 heteroatoms. The number of hydrogen-bond acceptors (Lipinski definition) is 4. The van der Waals surface area contributed by atoms with Crippen molar-refractivity contribution in [1.82, 2.24) is 25.3 Å². The molecule has 4 rings (SSSR count). The number of carbonyl (C=O) groups excluding carboxylic acids is 1. The largest absolute Gasteiger partial charge is 0.346 e. The minimum atomic E-state index is -0.210. The number of nitrogens with one attached hydrogen (secondary N) is 3. The number of nitrogens with zero attached hydrogens (tertiary/aromatic N) is 2. The van der Waals surface area contributed by atoms with Gasteiger partial charge in [0.05, 0.1) is 28.0 Å². The fourth-order valence-corrected chi connectivity index (χ4v) is 3.23. The molecular formula is C21H21N5O2. The fraction of sp³-hybridized carbons (Fsp3) is 0.238. The Hall–Kier alpha value is -3.48. The molecule has 28 heavy (non-hydrogen) atoms. The third kappa shape index (κ3) is 3.78. The van der Waals surface area contributed by atoms with Crippen molar-refractivity contribution in [2.75, 3.05) is 0 Å². The van der Waals surface area contributed by atoms with Gasteiger partial charge in [-0.25, -0.2) is 9.97 Å². The van der Waals surface area contributed by atoms with Crippen LogP contribution in [0.25, 0.3) is 21.9 Å². The van der Waals surface area contributed by atoms with Crippen LogP contribution in [0.5, 0.6) is 0 Å². The smallest absolute Gasteiger partial charge is 0.258 e. The lowest BCUT2D eigenvalue weighted by atomic mass is 10.2. The molecule has 2 aromatic heterocycles. The Kier molecular flexibility index (Phi) is 4.89. The number of imidazole rings is 1. The number of amides is 1. The minimum Gasteiger partial charge on any atom is -0.346 e. The molecule has 0 bridgehead atoms. The molecule has 0 spiro atoms. The first-order chi connectivity index (χ1) is 13.6. The van der Waals surface area contributed by atoms with Gasteiger partial charge in [0, 0.05) is 12.8 Å². The number of aryl methyl sites for hydroxylation is 1. The maximum Gasteiger partial charge on any atom is 0.258 e. The van der Waals surface area contributed by atoms with Gasteiger partial charge in [-0.15, -0.1) is 0 Å². The first kappa shape index (κ1) is 17.9. The predicted molar refractivity (Wildman–Crippen MR) is 108 cm³/mol. The molecule has 0 aliphatic rings. The van der Waals surface area contributed by atoms with Gasteiger partial charge in [0.15, 0.2) is 0 Å². The molecular weight excluding hydrogens is 354 g/mol. The Bertz CT molecular complexity index is 1160. The molecule has 1 amide bonds. The Labute approximate surface area is 161 Å². The van der Waals surface area contributed by atoms with Crippen LogP contribution >= 0.6 is 0 Å². The topological polar surface area (TPSA) is 104 Å². The highest BCUT2D eigenvalue weighted by molar-refractivity contribution is 5.78. The number of rotatable bonds is 6. The molecule has 0 saturated heterocycles. The first-order valence-electron chi connectivity index (χ1n) is 9.32. The van der Waals surface area contributed by atoms with E-state index in [0.717, 1.165) is 16.9 Å². The number of fused-ring (bicyclic) bond motifs is 2. The predicted octanol–water partition coefficient (Wildman–Crippen LogP) is 3.00. The third-order valence-electron chi connectivity index (χ3n) is 4.67. The average molecular weight is 375 g/mol. The van der Waals surface area contributed by atoms with E-state index < -0.39 is 0 Å². The van der Waals surface area contributed by atoms with Gasteiger partial charge in [-0.05, 0) is 37.6 Å². The van der Waals surface area contributed by atoms with Gasteiger partial charge in [0.1, 0.15) is 11.6 Å². The van der Waals surface area contributed by atoms with E-state index in [2.05, 4.69) is 25.3 Å². The zero-order chi connectivity index (χ0) is 19.5. The van der Waals surface area contributed by atoms with Crippen LogP contribution in [0, 0.1) is 0 Å². The average Bonchev–Trinajstić information content (AvgIpc) is 3.12. The van der Waals surface area contributed by atoms with E-state index in [1.54, 1.807) is 6.07 Å². The SMILES string of the molecule is CC(NC(=O)CCCc1nc2ccccc2c(=O)[nH]1)c1nc2ccccc2[nH]1. The molecule has 0 aliphatic heterocycles. The Morgan fingerprint density at radius 1 is 1.04 bits per heavy atom. The zero-order valence-corrected chi connectivity index (χ0v) is 15.5. The van der Waals surface area contributed by atoms with E-state index >= 15 is 0 Å². The van der Waals surface area contributed by atoms with Gasteiger partial charge in [-0.2, -0.15) is 0 Å². The van der Waals surface area contributed by atoms with Crippen LogP contribution in [0.4, 0.5) is 0 Å². The number of hydrogen-bond donors (Lipinski definition) is 3. The molecule has 0 radical (unpaired) electrons. The summed E-state index contributed by atoms with van der Waals surface area (Å²) in [6.07, 6.45) is 1.48. The van der Waals surface area contributed by atoms with Crippen molar-refractivity contribution < 1.29 is 4.79 Å². The van der Waals surface area contributed by atoms with Crippen LogP contribution in [0.15, 0.2) is 53.3 Å². The van der Waals surface area contributed by atoms with Crippen LogP contribution in [0.3, 0.4) is 0 Å². The molecule has 2 aromatic carbocycles. The lowest BCUT2D eigenvalue weighted by Crippen LogP contribution is -2.27. The van der Waals surface area contributed by atoms with Crippen molar-refractivity contribution in [3.63, 3.8) is 0 Å². The number of aromatic amines is 2. The monoisotopic (exact) mass is 375 g/mol. The van der Waals surface area contributed by atoms with Crippen LogP contribution in [-0.2, 0) is 11.2 Å². The molecule has 1 unspecified atom stereocenters. The van der Waals surface area contributed by atoms with E-state index in [9.17, 15) is 9.59 Å². The second kappa shape index (κ2) is 7.64. The lowest BCUT2D eigenvalue weighted by Gasteiger charge is -2.11. The second-order valence-electron chi connectivity index (χ2n) is 6.81. The standard InChI is InChI=1S/C21H21N5O2/c1-13(20-24-16-9-4-5-10-17(16)25-20)22-19(27)12-6-11-18-23-15-8-3-2-7-14(15)21(28)26-18/h2-5,7-10,13H,6,11-12H2,1H3,(H,22,27)(H,24,25)(H,23,26,28). The van der Waals surface area contributed by atoms with Gasteiger partial charge in [-0.3, -0.25) is 9.59 Å². The summed E-state index contributed by atoms with van der Waals surface area (Å²) in [5.41, 5.74) is 2.35. The maximum absolute atomic E-state index is 12.3. The van der Waals surface area contributed by atoms with E-state index in [1.165, 1.54) is 0 Å². The molecule has 0 fully saturated rings. The normalized spacial score (nSPS) is 12.3. The summed E-state index contributed by atoms with van der Waals surface area (Å²) in [6.45, 7) is 1.90. The highest BCUT2D eigenvalue weighted by Crippen LogP contribution is 2.15. The lowest BCUT2D eigenvalue weighted by molar-refractivity contribution is -0.121. The van der Waals surface area contributed by atoms with Crippen LogP contribution in [0.2, 0.25) is 0 Å². The molecule has 1 atom stereocenters. The summed E-state index contributed by atoms with van der Waals surface area (Å²) in [5.74, 6) is 1.27. The van der Waals surface area contributed by atoms with E-state index in [4.69, 9.17) is 0 Å². The van der Waals surface area contributed by atoms with Crippen molar-refractivity contribution >= 4 is 27.8 Å². The summed E-state index contributed by atoms with van der Waals surface area (Å²) in [6, 6.07) is 14.8. The maximum atomic E-state index is 12.3. The quantitative estimate of drug-likeness (QED) is 0.482. The number of carbonyl (C=O) groups is 1. The number of benzene rings is 2. The Morgan fingerprint density at radius 3 is 2.61 bits per heavy atom. The molecule has 0 aliphatic carbocycles. The van der Waals surface area contributed by atoms with Crippen LogP contribution in [0.1, 0.15) is 37.5 Å². The molecule has 7 nitrogen and oxygen atoms in total. The van der Waals surface area contributed by atoms with Crippen LogP contribution < -0.4 is 10.9 Å². The van der Waals surface area contributed by atoms with E-state index in [1.807, 2.05) is 49.4 Å². The second-order valence-corrected chi connectivity index (χ2v) is 6.81. The zero-order valence-electron chi connectivity index (χ0n) is 15.5. The Balaban J connectivity index is 1.33. The highest BCUT2D eigenvalue weighted by atomic mass is 16.1. The van der Waals surface area contributed by atoms with E-state index in [0.29, 0.717) is 36.0 Å². The highest BCUT2D eigenvalue weighted by Gasteiger charge is 2.13.